The summed E-state index contributed by atoms with van der Waals surface area (Å²) < 4.78 is 40.6. The highest BCUT2D eigenvalue weighted by Crippen LogP contribution is 2.25. The molecule has 0 heterocycles. The summed E-state index contributed by atoms with van der Waals surface area (Å²) in [5.41, 5.74) is 6.08. The van der Waals surface area contributed by atoms with E-state index in [2.05, 4.69) is 10.1 Å². The van der Waals surface area contributed by atoms with Crippen molar-refractivity contribution in [3.63, 3.8) is 0 Å². The van der Waals surface area contributed by atoms with E-state index >= 15 is 0 Å². The van der Waals surface area contributed by atoms with Gasteiger partial charge in [0.05, 0.1) is 30.5 Å². The van der Waals surface area contributed by atoms with Crippen molar-refractivity contribution in [2.45, 2.75) is 12.6 Å². The number of hydrogen-bond acceptors (Lipinski definition) is 4. The lowest BCUT2D eigenvalue weighted by Gasteiger charge is -2.14. The molecule has 1 aromatic rings. The minimum absolute atomic E-state index is 0.111. The molecule has 0 aliphatic rings. The Bertz CT molecular complexity index is 433. The van der Waals surface area contributed by atoms with Gasteiger partial charge in [-0.25, -0.2) is 4.79 Å². The topological polar surface area (TPSA) is 64.3 Å². The maximum atomic E-state index is 12.0. The van der Waals surface area contributed by atoms with Gasteiger partial charge in [0.15, 0.2) is 0 Å². The Morgan fingerprint density at radius 1 is 1.44 bits per heavy atom. The van der Waals surface area contributed by atoms with Crippen LogP contribution >= 0.6 is 0 Å². The van der Waals surface area contributed by atoms with Gasteiger partial charge >= 0.3 is 12.1 Å². The summed E-state index contributed by atoms with van der Waals surface area (Å²) in [5.74, 6) is -0.656. The number of nitrogen functional groups attached to an aromatic ring is 1. The largest absolute Gasteiger partial charge is 0.465 e. The number of benzene rings is 1. The van der Waals surface area contributed by atoms with Crippen LogP contribution < -0.4 is 11.1 Å². The molecule has 0 fully saturated rings. The first kappa shape index (κ1) is 14.1. The monoisotopic (exact) mass is 262 g/mol. The molecule has 18 heavy (non-hydrogen) atoms. The standard InChI is InChI=1S/C11H13F3N2O2/c1-18-10(17)7-3-2-4-8(15)9(7)16-6-5-11(12,13)14/h2-4,16H,5-6,15H2,1H3. The number of hydrogen-bond donors (Lipinski definition) is 2. The summed E-state index contributed by atoms with van der Waals surface area (Å²) in [6, 6.07) is 4.44. The smallest absolute Gasteiger partial charge is 0.390 e. The normalized spacial score (nSPS) is 11.1. The third-order valence-electron chi connectivity index (χ3n) is 2.21. The van der Waals surface area contributed by atoms with E-state index in [9.17, 15) is 18.0 Å². The summed E-state index contributed by atoms with van der Waals surface area (Å²) >= 11 is 0. The van der Waals surface area contributed by atoms with Gasteiger partial charge in [-0.3, -0.25) is 0 Å². The highest BCUT2D eigenvalue weighted by atomic mass is 19.4. The molecule has 1 aromatic carbocycles. The number of methoxy groups -OCH3 is 1. The molecule has 0 atom stereocenters. The van der Waals surface area contributed by atoms with Gasteiger partial charge in [-0.1, -0.05) is 6.07 Å². The van der Waals surface area contributed by atoms with Gasteiger partial charge in [-0.15, -0.1) is 0 Å². The van der Waals surface area contributed by atoms with Gasteiger partial charge in [-0.05, 0) is 12.1 Å². The first-order valence-corrected chi connectivity index (χ1v) is 5.12. The molecular weight excluding hydrogens is 249 g/mol. The molecule has 4 nitrogen and oxygen atoms in total. The second kappa shape index (κ2) is 5.61. The fourth-order valence-corrected chi connectivity index (χ4v) is 1.38. The molecule has 0 amide bonds. The number of alkyl halides is 3. The highest BCUT2D eigenvalue weighted by Gasteiger charge is 2.26. The highest BCUT2D eigenvalue weighted by molar-refractivity contribution is 5.98. The van der Waals surface area contributed by atoms with Gasteiger partial charge in [0, 0.05) is 6.54 Å². The van der Waals surface area contributed by atoms with E-state index in [-0.39, 0.29) is 23.5 Å². The molecule has 100 valence electrons. The predicted octanol–water partition coefficient (Wildman–Crippen LogP) is 2.42. The number of carbonyl (C=O) groups is 1. The van der Waals surface area contributed by atoms with E-state index < -0.39 is 18.6 Å². The average molecular weight is 262 g/mol. The van der Waals surface area contributed by atoms with Crippen molar-refractivity contribution < 1.29 is 22.7 Å². The van der Waals surface area contributed by atoms with Crippen molar-refractivity contribution in [3.8, 4) is 0 Å². The summed E-state index contributed by atoms with van der Waals surface area (Å²) in [7, 11) is 1.19. The molecule has 0 unspecified atom stereocenters. The Balaban J connectivity index is 2.83. The van der Waals surface area contributed by atoms with E-state index in [1.54, 1.807) is 0 Å². The number of ether oxygens (including phenoxy) is 1. The van der Waals surface area contributed by atoms with Gasteiger partial charge < -0.3 is 15.8 Å². The molecule has 7 heteroatoms. The van der Waals surface area contributed by atoms with Crippen LogP contribution in [0.3, 0.4) is 0 Å². The van der Waals surface area contributed by atoms with E-state index in [1.165, 1.54) is 25.3 Å². The van der Waals surface area contributed by atoms with Crippen molar-refractivity contribution in [2.75, 3.05) is 24.7 Å². The van der Waals surface area contributed by atoms with Crippen LogP contribution in [0.25, 0.3) is 0 Å². The number of anilines is 2. The number of esters is 1. The third kappa shape index (κ3) is 3.83. The third-order valence-corrected chi connectivity index (χ3v) is 2.21. The van der Waals surface area contributed by atoms with E-state index in [4.69, 9.17) is 5.73 Å². The fraction of sp³-hybridized carbons (Fsp3) is 0.364. The van der Waals surface area contributed by atoms with Crippen LogP contribution in [0.2, 0.25) is 0 Å². The molecule has 0 aromatic heterocycles. The lowest BCUT2D eigenvalue weighted by Crippen LogP contribution is -2.17. The molecule has 0 bridgehead atoms. The number of nitrogens with one attached hydrogen (secondary N) is 1. The molecule has 3 N–H and O–H groups in total. The van der Waals surface area contributed by atoms with Gasteiger partial charge in [-0.2, -0.15) is 13.2 Å². The Morgan fingerprint density at radius 3 is 2.67 bits per heavy atom. The maximum Gasteiger partial charge on any atom is 0.390 e. The molecule has 0 aliphatic heterocycles. The van der Waals surface area contributed by atoms with Gasteiger partial charge in [0.1, 0.15) is 0 Å². The quantitative estimate of drug-likeness (QED) is 0.646. The summed E-state index contributed by atoms with van der Waals surface area (Å²) in [4.78, 5) is 11.4. The van der Waals surface area contributed by atoms with Crippen LogP contribution in [0.4, 0.5) is 24.5 Å². The second-order valence-corrected chi connectivity index (χ2v) is 3.55. The zero-order valence-electron chi connectivity index (χ0n) is 9.67. The molecule has 0 saturated heterocycles. The Hall–Kier alpha value is -1.92. The Labute approximate surface area is 102 Å². The molecule has 1 rings (SSSR count). The van der Waals surface area contributed by atoms with E-state index in [0.29, 0.717) is 0 Å². The second-order valence-electron chi connectivity index (χ2n) is 3.55. The van der Waals surface area contributed by atoms with Crippen LogP contribution in [-0.4, -0.2) is 25.8 Å². The molecule has 0 aliphatic carbocycles. The predicted molar refractivity (Wildman–Crippen MR) is 61.4 cm³/mol. The van der Waals surface area contributed by atoms with Crippen molar-refractivity contribution in [1.29, 1.82) is 0 Å². The minimum Gasteiger partial charge on any atom is -0.465 e. The number of halogens is 3. The number of nitrogens with two attached hydrogens (primary N) is 1. The molecule has 0 spiro atoms. The summed E-state index contributed by atoms with van der Waals surface area (Å²) in [6.45, 7) is -0.359. The lowest BCUT2D eigenvalue weighted by molar-refractivity contribution is -0.131. The Kier molecular flexibility index (Phi) is 4.41. The molecular formula is C11H13F3N2O2. The maximum absolute atomic E-state index is 12.0. The van der Waals surface area contributed by atoms with Crippen LogP contribution in [0.5, 0.6) is 0 Å². The van der Waals surface area contributed by atoms with Gasteiger partial charge in [0.2, 0.25) is 0 Å². The van der Waals surface area contributed by atoms with E-state index in [1.807, 2.05) is 0 Å². The molecule has 0 saturated carbocycles. The molecule has 0 radical (unpaired) electrons. The van der Waals surface area contributed by atoms with Crippen molar-refractivity contribution >= 4 is 17.3 Å². The average Bonchev–Trinajstić information content (AvgIpc) is 2.28. The number of rotatable bonds is 4. The number of para-hydroxylation sites is 1. The lowest BCUT2D eigenvalue weighted by atomic mass is 10.1. The van der Waals surface area contributed by atoms with Crippen LogP contribution in [0.1, 0.15) is 16.8 Å². The van der Waals surface area contributed by atoms with E-state index in [0.717, 1.165) is 0 Å². The SMILES string of the molecule is COC(=O)c1cccc(N)c1NCCC(F)(F)F. The van der Waals surface area contributed by atoms with Crippen molar-refractivity contribution in [2.24, 2.45) is 0 Å². The number of carbonyl (C=O) groups excluding carboxylic acids is 1. The Morgan fingerprint density at radius 2 is 2.11 bits per heavy atom. The van der Waals surface area contributed by atoms with Crippen molar-refractivity contribution in [3.05, 3.63) is 23.8 Å². The zero-order valence-corrected chi connectivity index (χ0v) is 9.67. The summed E-state index contributed by atoms with van der Waals surface area (Å²) in [6.07, 6.45) is -5.27. The van der Waals surface area contributed by atoms with Crippen molar-refractivity contribution in [1.82, 2.24) is 0 Å². The zero-order chi connectivity index (χ0) is 13.8. The fourth-order valence-electron chi connectivity index (χ4n) is 1.38. The minimum atomic E-state index is -4.26. The van der Waals surface area contributed by atoms with Gasteiger partial charge in [0.25, 0.3) is 0 Å². The first-order valence-electron chi connectivity index (χ1n) is 5.12. The summed E-state index contributed by atoms with van der Waals surface area (Å²) in [5, 5.41) is 2.51. The first-order chi connectivity index (χ1) is 8.35. The van der Waals surface area contributed by atoms with Crippen LogP contribution in [0, 0.1) is 0 Å². The van der Waals surface area contributed by atoms with Crippen LogP contribution in [0.15, 0.2) is 18.2 Å². The van der Waals surface area contributed by atoms with Crippen LogP contribution in [-0.2, 0) is 4.74 Å².